The molecule has 1 unspecified atom stereocenters. The van der Waals surface area contributed by atoms with Gasteiger partial charge >= 0.3 is 0 Å². The van der Waals surface area contributed by atoms with Crippen LogP contribution in [0.1, 0.15) is 18.9 Å². The smallest absolute Gasteiger partial charge is 0.232 e. The van der Waals surface area contributed by atoms with Crippen LogP contribution in [0.3, 0.4) is 0 Å². The lowest BCUT2D eigenvalue weighted by molar-refractivity contribution is 0.565. The zero-order chi connectivity index (χ0) is 11.9. The lowest BCUT2D eigenvalue weighted by Crippen LogP contribution is -2.41. The van der Waals surface area contributed by atoms with Crippen molar-refractivity contribution in [2.75, 3.05) is 10.6 Å². The highest BCUT2D eigenvalue weighted by molar-refractivity contribution is 7.92. The molecule has 0 bridgehead atoms. The quantitative estimate of drug-likeness (QED) is 0.755. The highest BCUT2D eigenvalue weighted by Crippen LogP contribution is 2.32. The normalized spacial score (nSPS) is 20.7. The van der Waals surface area contributed by atoms with E-state index in [-0.39, 0.29) is 11.9 Å². The van der Waals surface area contributed by atoms with Crippen LogP contribution >= 0.6 is 0 Å². The average molecular weight is 243 g/mol. The fraction of sp³-hybridized carbons (Fsp3) is 0.455. The Morgan fingerprint density at radius 3 is 2.75 bits per heavy atom. The molecule has 0 amide bonds. The summed E-state index contributed by atoms with van der Waals surface area (Å²) in [6, 6.07) is 4.20. The molecule has 0 saturated carbocycles. The molecule has 0 spiro atoms. The number of sulfonamides is 1. The number of hydrogen-bond acceptors (Lipinski definition) is 2. The van der Waals surface area contributed by atoms with Gasteiger partial charge in [-0.05, 0) is 43.5 Å². The predicted octanol–water partition coefficient (Wildman–Crippen LogP) is 1.93. The van der Waals surface area contributed by atoms with E-state index >= 15 is 0 Å². The van der Waals surface area contributed by atoms with Crippen molar-refractivity contribution in [2.45, 2.75) is 25.8 Å². The van der Waals surface area contributed by atoms with Crippen LogP contribution in [0.5, 0.6) is 0 Å². The first-order chi connectivity index (χ1) is 7.39. The molecule has 88 valence electrons. The largest absolute Gasteiger partial charge is 0.267 e. The first-order valence-corrected chi connectivity index (χ1v) is 7.02. The summed E-state index contributed by atoms with van der Waals surface area (Å²) in [6.07, 6.45) is 2.63. The minimum absolute atomic E-state index is 0.0621. The monoisotopic (exact) mass is 243 g/mol. The Hall–Kier alpha value is -1.10. The third-order valence-corrected chi connectivity index (χ3v) is 4.14. The topological polar surface area (TPSA) is 37.4 Å². The molecule has 5 heteroatoms. The van der Waals surface area contributed by atoms with E-state index in [1.54, 1.807) is 6.07 Å². The van der Waals surface area contributed by atoms with Crippen molar-refractivity contribution in [1.29, 1.82) is 0 Å². The summed E-state index contributed by atoms with van der Waals surface area (Å²) in [6.45, 7) is 1.87. The third-order valence-electron chi connectivity index (χ3n) is 2.87. The van der Waals surface area contributed by atoms with Gasteiger partial charge in [0.05, 0.1) is 11.9 Å². The van der Waals surface area contributed by atoms with E-state index in [1.165, 1.54) is 22.7 Å². The average Bonchev–Trinajstić information content (AvgIpc) is 2.16. The minimum atomic E-state index is -3.29. The summed E-state index contributed by atoms with van der Waals surface area (Å²) in [5, 5.41) is 0. The van der Waals surface area contributed by atoms with E-state index < -0.39 is 10.0 Å². The molecule has 0 radical (unpaired) electrons. The van der Waals surface area contributed by atoms with Crippen molar-refractivity contribution < 1.29 is 12.8 Å². The lowest BCUT2D eigenvalue weighted by Gasteiger charge is -2.34. The van der Waals surface area contributed by atoms with Gasteiger partial charge in [-0.2, -0.15) is 0 Å². The second-order valence-corrected chi connectivity index (χ2v) is 6.08. The molecule has 16 heavy (non-hydrogen) atoms. The van der Waals surface area contributed by atoms with Gasteiger partial charge in [0.15, 0.2) is 0 Å². The van der Waals surface area contributed by atoms with Gasteiger partial charge in [-0.3, -0.25) is 4.31 Å². The number of nitrogens with zero attached hydrogens (tertiary/aromatic N) is 1. The number of halogens is 1. The van der Waals surface area contributed by atoms with Crippen molar-refractivity contribution in [2.24, 2.45) is 0 Å². The molecule has 1 heterocycles. The predicted molar refractivity (Wildman–Crippen MR) is 61.5 cm³/mol. The molecule has 3 nitrogen and oxygen atoms in total. The van der Waals surface area contributed by atoms with Gasteiger partial charge in [0, 0.05) is 6.04 Å². The maximum atomic E-state index is 13.0. The zero-order valence-corrected chi connectivity index (χ0v) is 10.1. The number of anilines is 1. The number of hydrogen-bond donors (Lipinski definition) is 0. The molecule has 1 aliphatic heterocycles. The summed E-state index contributed by atoms with van der Waals surface area (Å²) < 4.78 is 37.8. The van der Waals surface area contributed by atoms with Gasteiger partial charge in [-0.25, -0.2) is 12.8 Å². The first kappa shape index (κ1) is 11.4. The Bertz CT molecular complexity index is 513. The maximum Gasteiger partial charge on any atom is 0.232 e. The fourth-order valence-electron chi connectivity index (χ4n) is 2.19. The van der Waals surface area contributed by atoms with Crippen molar-refractivity contribution in [3.63, 3.8) is 0 Å². The van der Waals surface area contributed by atoms with E-state index in [9.17, 15) is 12.8 Å². The Kier molecular flexibility index (Phi) is 2.66. The summed E-state index contributed by atoms with van der Waals surface area (Å²) >= 11 is 0. The van der Waals surface area contributed by atoms with Crippen molar-refractivity contribution in [3.8, 4) is 0 Å². The second-order valence-electron chi connectivity index (χ2n) is 4.22. The van der Waals surface area contributed by atoms with E-state index in [4.69, 9.17) is 0 Å². The Morgan fingerprint density at radius 1 is 1.44 bits per heavy atom. The van der Waals surface area contributed by atoms with Gasteiger partial charge in [0.25, 0.3) is 0 Å². The Morgan fingerprint density at radius 2 is 2.12 bits per heavy atom. The number of fused-ring (bicyclic) bond motifs is 1. The molecular weight excluding hydrogens is 229 g/mol. The van der Waals surface area contributed by atoms with E-state index in [2.05, 4.69) is 0 Å². The molecule has 1 aromatic carbocycles. The molecular formula is C11H14FNO2S. The SMILES string of the molecule is CC1CCc2cc(F)ccc2N1S(C)(=O)=O. The zero-order valence-electron chi connectivity index (χ0n) is 9.27. The Balaban J connectivity index is 2.57. The standard InChI is InChI=1S/C11H14FNO2S/c1-8-3-4-9-7-10(12)5-6-11(9)13(8)16(2,14)15/h5-8H,3-4H2,1-2H3. The van der Waals surface area contributed by atoms with Crippen LogP contribution in [0, 0.1) is 5.82 Å². The highest BCUT2D eigenvalue weighted by Gasteiger charge is 2.29. The van der Waals surface area contributed by atoms with E-state index in [0.29, 0.717) is 5.69 Å². The van der Waals surface area contributed by atoms with Gasteiger partial charge in [0.2, 0.25) is 10.0 Å². The van der Waals surface area contributed by atoms with Crippen LogP contribution in [0.2, 0.25) is 0 Å². The van der Waals surface area contributed by atoms with Crippen LogP contribution in [-0.2, 0) is 16.4 Å². The molecule has 1 aliphatic rings. The molecule has 0 aromatic heterocycles. The molecule has 0 saturated heterocycles. The second kappa shape index (κ2) is 3.73. The van der Waals surface area contributed by atoms with Crippen LogP contribution in [0.15, 0.2) is 18.2 Å². The van der Waals surface area contributed by atoms with Gasteiger partial charge in [0.1, 0.15) is 5.82 Å². The number of rotatable bonds is 1. The number of benzene rings is 1. The molecule has 1 aromatic rings. The summed E-state index contributed by atoms with van der Waals surface area (Å²) in [5.41, 5.74) is 1.38. The van der Waals surface area contributed by atoms with Crippen LogP contribution in [-0.4, -0.2) is 20.7 Å². The molecule has 1 atom stereocenters. The Labute approximate surface area is 94.9 Å². The summed E-state index contributed by atoms with van der Waals surface area (Å²) in [5.74, 6) is -0.318. The van der Waals surface area contributed by atoms with Crippen LogP contribution in [0.25, 0.3) is 0 Å². The summed E-state index contributed by atoms with van der Waals surface area (Å²) in [4.78, 5) is 0. The van der Waals surface area contributed by atoms with Gasteiger partial charge < -0.3 is 0 Å². The van der Waals surface area contributed by atoms with E-state index in [0.717, 1.165) is 18.4 Å². The fourth-order valence-corrected chi connectivity index (χ4v) is 3.49. The molecule has 0 aliphatic carbocycles. The molecule has 2 rings (SSSR count). The number of aryl methyl sites for hydroxylation is 1. The first-order valence-electron chi connectivity index (χ1n) is 5.17. The van der Waals surface area contributed by atoms with Crippen molar-refractivity contribution in [3.05, 3.63) is 29.6 Å². The minimum Gasteiger partial charge on any atom is -0.267 e. The maximum absolute atomic E-state index is 13.0. The highest BCUT2D eigenvalue weighted by atomic mass is 32.2. The summed E-state index contributed by atoms with van der Waals surface area (Å²) in [7, 11) is -3.29. The lowest BCUT2D eigenvalue weighted by atomic mass is 9.99. The van der Waals surface area contributed by atoms with Crippen LogP contribution < -0.4 is 4.31 Å². The van der Waals surface area contributed by atoms with Gasteiger partial charge in [-0.1, -0.05) is 0 Å². The third kappa shape index (κ3) is 1.91. The van der Waals surface area contributed by atoms with Crippen molar-refractivity contribution >= 4 is 15.7 Å². The van der Waals surface area contributed by atoms with Crippen molar-refractivity contribution in [1.82, 2.24) is 0 Å². The molecule has 0 fully saturated rings. The van der Waals surface area contributed by atoms with Crippen LogP contribution in [0.4, 0.5) is 10.1 Å². The molecule has 0 N–H and O–H groups in total. The van der Waals surface area contributed by atoms with E-state index in [1.807, 2.05) is 6.92 Å². The van der Waals surface area contributed by atoms with Gasteiger partial charge in [-0.15, -0.1) is 0 Å².